The van der Waals surface area contributed by atoms with Crippen molar-refractivity contribution in [2.75, 3.05) is 0 Å². The van der Waals surface area contributed by atoms with Gasteiger partial charge in [0.25, 0.3) is 5.91 Å². The Balaban J connectivity index is 1.57. The minimum absolute atomic E-state index is 0.251. The van der Waals surface area contributed by atoms with Crippen molar-refractivity contribution in [1.82, 2.24) is 25.3 Å². The predicted molar refractivity (Wildman–Crippen MR) is 75.8 cm³/mol. The van der Waals surface area contributed by atoms with Crippen LogP contribution in [0, 0.1) is 5.92 Å². The highest BCUT2D eigenvalue weighted by Gasteiger charge is 2.34. The van der Waals surface area contributed by atoms with Crippen molar-refractivity contribution < 1.29 is 9.90 Å². The number of aliphatic hydroxyl groups excluding tert-OH is 1. The smallest absolute Gasteiger partial charge is 0.269 e. The Hall–Kier alpha value is -1.86. The molecule has 0 saturated heterocycles. The number of hydrogen-bond donors (Lipinski definition) is 3. The number of rotatable bonds is 4. The second-order valence-corrected chi connectivity index (χ2v) is 5.77. The molecule has 3 atom stereocenters. The first-order valence-corrected chi connectivity index (χ1v) is 7.16. The maximum atomic E-state index is 11.9. The number of aromatic nitrogens is 4. The average molecular weight is 310 g/mol. The lowest BCUT2D eigenvalue weighted by atomic mass is 10.1. The number of carbonyl (C=O) groups excluding carboxylic acids is 1. The minimum Gasteiger partial charge on any atom is -0.391 e. The average Bonchev–Trinajstić information content (AvgIpc) is 3.14. The van der Waals surface area contributed by atoms with E-state index >= 15 is 0 Å². The van der Waals surface area contributed by atoms with Crippen LogP contribution in [0.4, 0.5) is 0 Å². The van der Waals surface area contributed by atoms with Gasteiger partial charge in [0.1, 0.15) is 5.69 Å². The highest BCUT2D eigenvalue weighted by molar-refractivity contribution is 6.30. The summed E-state index contributed by atoms with van der Waals surface area (Å²) in [5, 5.41) is 24.0. The monoisotopic (exact) mass is 309 g/mol. The third-order valence-electron chi connectivity index (χ3n) is 3.74. The summed E-state index contributed by atoms with van der Waals surface area (Å²) in [5.74, 6) is 0.00219. The summed E-state index contributed by atoms with van der Waals surface area (Å²) in [5.41, 5.74) is 0.393. The topological polar surface area (TPSA) is 95.8 Å². The standard InChI is InChI=1S/C13H16ClN5O2/c14-9-5-16-19(7-9)6-8-3-11(12(20)4-8)17-13(21)10-1-2-15-18-10/h1-2,5,7-8,11-12,20H,3-4,6H2,(H,15,18)(H,17,21)/t8?,11-,12-/m1/s1. The fourth-order valence-electron chi connectivity index (χ4n) is 2.75. The van der Waals surface area contributed by atoms with E-state index in [1.807, 2.05) is 0 Å². The third-order valence-corrected chi connectivity index (χ3v) is 3.93. The molecule has 1 unspecified atom stereocenters. The summed E-state index contributed by atoms with van der Waals surface area (Å²) < 4.78 is 1.76. The predicted octanol–water partition coefficient (Wildman–Crippen LogP) is 0.829. The first kappa shape index (κ1) is 14.1. The van der Waals surface area contributed by atoms with Gasteiger partial charge < -0.3 is 10.4 Å². The van der Waals surface area contributed by atoms with Gasteiger partial charge in [0.2, 0.25) is 0 Å². The Morgan fingerprint density at radius 3 is 3.10 bits per heavy atom. The van der Waals surface area contributed by atoms with Gasteiger partial charge in [-0.3, -0.25) is 14.6 Å². The molecule has 1 aliphatic rings. The molecule has 112 valence electrons. The van der Waals surface area contributed by atoms with E-state index in [1.54, 1.807) is 23.1 Å². The van der Waals surface area contributed by atoms with Crippen LogP contribution < -0.4 is 5.32 Å². The fourth-order valence-corrected chi connectivity index (χ4v) is 2.91. The van der Waals surface area contributed by atoms with Crippen LogP contribution in [0.15, 0.2) is 24.7 Å². The van der Waals surface area contributed by atoms with Crippen LogP contribution in [-0.4, -0.2) is 43.1 Å². The number of nitrogens with zero attached hydrogens (tertiary/aromatic N) is 3. The minimum atomic E-state index is -0.548. The first-order valence-electron chi connectivity index (χ1n) is 6.78. The molecule has 7 nitrogen and oxygen atoms in total. The van der Waals surface area contributed by atoms with Crippen LogP contribution >= 0.6 is 11.6 Å². The van der Waals surface area contributed by atoms with Gasteiger partial charge in [0.05, 0.1) is 23.4 Å². The summed E-state index contributed by atoms with van der Waals surface area (Å²) >= 11 is 5.83. The second-order valence-electron chi connectivity index (χ2n) is 5.34. The van der Waals surface area contributed by atoms with Crippen molar-refractivity contribution in [1.29, 1.82) is 0 Å². The Kier molecular flexibility index (Phi) is 3.94. The molecule has 3 rings (SSSR count). The van der Waals surface area contributed by atoms with Gasteiger partial charge in [0, 0.05) is 18.9 Å². The molecule has 1 amide bonds. The van der Waals surface area contributed by atoms with Crippen LogP contribution in [0.25, 0.3) is 0 Å². The summed E-state index contributed by atoms with van der Waals surface area (Å²) in [7, 11) is 0. The molecule has 8 heteroatoms. The van der Waals surface area contributed by atoms with Crippen molar-refractivity contribution in [2.24, 2.45) is 5.92 Å². The lowest BCUT2D eigenvalue weighted by Gasteiger charge is -2.15. The molecule has 2 aromatic heterocycles. The molecule has 0 radical (unpaired) electrons. The van der Waals surface area contributed by atoms with E-state index < -0.39 is 6.10 Å². The van der Waals surface area contributed by atoms with Crippen molar-refractivity contribution in [3.05, 3.63) is 35.4 Å². The van der Waals surface area contributed by atoms with E-state index in [-0.39, 0.29) is 17.9 Å². The molecule has 1 fully saturated rings. The zero-order valence-corrected chi connectivity index (χ0v) is 12.0. The van der Waals surface area contributed by atoms with Crippen molar-refractivity contribution in [3.8, 4) is 0 Å². The van der Waals surface area contributed by atoms with Crippen LogP contribution in [0.1, 0.15) is 23.3 Å². The van der Waals surface area contributed by atoms with Crippen molar-refractivity contribution in [2.45, 2.75) is 31.5 Å². The highest BCUT2D eigenvalue weighted by atomic mass is 35.5. The maximum Gasteiger partial charge on any atom is 0.269 e. The quantitative estimate of drug-likeness (QED) is 0.779. The second kappa shape index (κ2) is 5.87. The summed E-state index contributed by atoms with van der Waals surface area (Å²) in [6, 6.07) is 1.34. The number of hydrogen-bond acceptors (Lipinski definition) is 4. The Morgan fingerprint density at radius 2 is 2.43 bits per heavy atom. The number of halogens is 1. The van der Waals surface area contributed by atoms with E-state index in [1.165, 1.54) is 6.20 Å². The van der Waals surface area contributed by atoms with E-state index in [9.17, 15) is 9.90 Å². The normalized spacial score (nSPS) is 25.1. The number of H-pyrrole nitrogens is 1. The molecule has 3 N–H and O–H groups in total. The van der Waals surface area contributed by atoms with E-state index in [0.29, 0.717) is 30.1 Å². The maximum absolute atomic E-state index is 11.9. The van der Waals surface area contributed by atoms with Gasteiger partial charge in [-0.1, -0.05) is 11.6 Å². The van der Waals surface area contributed by atoms with E-state index in [0.717, 1.165) is 0 Å². The van der Waals surface area contributed by atoms with Crippen molar-refractivity contribution in [3.63, 3.8) is 0 Å². The molecular weight excluding hydrogens is 294 g/mol. The number of carbonyl (C=O) groups is 1. The zero-order chi connectivity index (χ0) is 14.8. The molecule has 0 spiro atoms. The van der Waals surface area contributed by atoms with Crippen molar-refractivity contribution >= 4 is 17.5 Å². The lowest BCUT2D eigenvalue weighted by molar-refractivity contribution is 0.0868. The first-order chi connectivity index (χ1) is 10.1. The molecule has 1 saturated carbocycles. The molecule has 21 heavy (non-hydrogen) atoms. The van der Waals surface area contributed by atoms with Crippen LogP contribution in [0.5, 0.6) is 0 Å². The Labute approximate surface area is 126 Å². The van der Waals surface area contributed by atoms with E-state index in [2.05, 4.69) is 20.6 Å². The summed E-state index contributed by atoms with van der Waals surface area (Å²) in [4.78, 5) is 11.9. The molecule has 0 aliphatic heterocycles. The fraction of sp³-hybridized carbons (Fsp3) is 0.462. The Bertz CT molecular complexity index is 612. The SMILES string of the molecule is O=C(N[C@@H]1CC(Cn2cc(Cl)cn2)C[C@H]1O)c1ccn[nH]1. The molecule has 2 heterocycles. The van der Waals surface area contributed by atoms with Gasteiger partial charge >= 0.3 is 0 Å². The van der Waals surface area contributed by atoms with Gasteiger partial charge in [-0.2, -0.15) is 10.2 Å². The van der Waals surface area contributed by atoms with Gasteiger partial charge in [0.15, 0.2) is 0 Å². The number of nitrogens with one attached hydrogen (secondary N) is 2. The lowest BCUT2D eigenvalue weighted by Crippen LogP contribution is -2.40. The van der Waals surface area contributed by atoms with Crippen LogP contribution in [0.3, 0.4) is 0 Å². The number of aromatic amines is 1. The zero-order valence-electron chi connectivity index (χ0n) is 11.2. The van der Waals surface area contributed by atoms with E-state index in [4.69, 9.17) is 11.6 Å². The largest absolute Gasteiger partial charge is 0.391 e. The molecule has 0 aromatic carbocycles. The number of aliphatic hydroxyl groups is 1. The molecule has 2 aromatic rings. The molecule has 1 aliphatic carbocycles. The molecular formula is C13H16ClN5O2. The van der Waals surface area contributed by atoms with Crippen LogP contribution in [0.2, 0.25) is 5.02 Å². The number of amides is 1. The van der Waals surface area contributed by atoms with Crippen LogP contribution in [-0.2, 0) is 6.54 Å². The summed E-state index contributed by atoms with van der Waals surface area (Å²) in [6.07, 6.45) is 5.65. The summed E-state index contributed by atoms with van der Waals surface area (Å²) in [6.45, 7) is 0.681. The van der Waals surface area contributed by atoms with Gasteiger partial charge in [-0.15, -0.1) is 0 Å². The third kappa shape index (κ3) is 3.25. The van der Waals surface area contributed by atoms with Gasteiger partial charge in [-0.25, -0.2) is 0 Å². The molecule has 0 bridgehead atoms. The highest BCUT2D eigenvalue weighted by Crippen LogP contribution is 2.28. The Morgan fingerprint density at radius 1 is 1.57 bits per heavy atom. The van der Waals surface area contributed by atoms with Gasteiger partial charge in [-0.05, 0) is 24.8 Å².